The Hall–Kier alpha value is -0.960. The lowest BCUT2D eigenvalue weighted by Crippen LogP contribution is -2.46. The minimum Gasteiger partial charge on any atom is -0.301 e. The SMILES string of the molecule is CCN1CCN(CCc2nc(C#N)cs2)CC1. The monoisotopic (exact) mass is 250 g/mol. The normalized spacial score (nSPS) is 18.1. The fourth-order valence-electron chi connectivity index (χ4n) is 2.06. The Kier molecular flexibility index (Phi) is 4.49. The quantitative estimate of drug-likeness (QED) is 0.805. The van der Waals surface area contributed by atoms with Crippen molar-refractivity contribution in [2.24, 2.45) is 0 Å². The van der Waals surface area contributed by atoms with E-state index in [-0.39, 0.29) is 0 Å². The molecule has 1 saturated heterocycles. The topological polar surface area (TPSA) is 43.2 Å². The van der Waals surface area contributed by atoms with E-state index in [1.807, 2.05) is 5.38 Å². The van der Waals surface area contributed by atoms with Gasteiger partial charge in [-0.25, -0.2) is 4.98 Å². The average Bonchev–Trinajstić information content (AvgIpc) is 2.85. The number of hydrogen-bond donors (Lipinski definition) is 0. The van der Waals surface area contributed by atoms with Crippen molar-refractivity contribution >= 4 is 11.3 Å². The maximum atomic E-state index is 8.70. The Bertz CT molecular complexity index is 387. The fourth-order valence-corrected chi connectivity index (χ4v) is 2.77. The summed E-state index contributed by atoms with van der Waals surface area (Å²) in [5.41, 5.74) is 0.556. The number of nitrogens with zero attached hydrogens (tertiary/aromatic N) is 4. The molecule has 1 aromatic rings. The molecule has 1 fully saturated rings. The molecule has 1 aliphatic rings. The molecule has 0 atom stereocenters. The average molecular weight is 250 g/mol. The Balaban J connectivity index is 1.74. The fraction of sp³-hybridized carbons (Fsp3) is 0.667. The summed E-state index contributed by atoms with van der Waals surface area (Å²) < 4.78 is 0. The number of thiazole rings is 1. The van der Waals surface area contributed by atoms with Crippen molar-refractivity contribution in [1.29, 1.82) is 5.26 Å². The first kappa shape index (κ1) is 12.5. The van der Waals surface area contributed by atoms with E-state index < -0.39 is 0 Å². The van der Waals surface area contributed by atoms with E-state index in [0.717, 1.165) is 37.6 Å². The molecular weight excluding hydrogens is 232 g/mol. The van der Waals surface area contributed by atoms with Crippen LogP contribution in [0.4, 0.5) is 0 Å². The highest BCUT2D eigenvalue weighted by Gasteiger charge is 2.15. The zero-order valence-electron chi connectivity index (χ0n) is 10.2. The van der Waals surface area contributed by atoms with Crippen LogP contribution in [0.2, 0.25) is 0 Å². The molecule has 4 nitrogen and oxygen atoms in total. The van der Waals surface area contributed by atoms with E-state index >= 15 is 0 Å². The maximum Gasteiger partial charge on any atom is 0.151 e. The van der Waals surface area contributed by atoms with E-state index in [1.54, 1.807) is 11.3 Å². The smallest absolute Gasteiger partial charge is 0.151 e. The van der Waals surface area contributed by atoms with Crippen LogP contribution in [0.15, 0.2) is 5.38 Å². The molecule has 0 aliphatic carbocycles. The molecule has 1 aromatic heterocycles. The highest BCUT2D eigenvalue weighted by atomic mass is 32.1. The van der Waals surface area contributed by atoms with Crippen molar-refractivity contribution in [2.45, 2.75) is 13.3 Å². The summed E-state index contributed by atoms with van der Waals surface area (Å²) in [4.78, 5) is 9.23. The van der Waals surface area contributed by atoms with Crippen LogP contribution in [0, 0.1) is 11.3 Å². The zero-order valence-corrected chi connectivity index (χ0v) is 11.0. The molecule has 0 radical (unpaired) electrons. The summed E-state index contributed by atoms with van der Waals surface area (Å²) in [6, 6.07) is 2.08. The van der Waals surface area contributed by atoms with Crippen LogP contribution in [0.3, 0.4) is 0 Å². The predicted octanol–water partition coefficient (Wildman–Crippen LogP) is 1.19. The van der Waals surface area contributed by atoms with Crippen molar-refractivity contribution < 1.29 is 0 Å². The molecule has 17 heavy (non-hydrogen) atoms. The third-order valence-electron chi connectivity index (χ3n) is 3.22. The summed E-state index contributed by atoms with van der Waals surface area (Å²) in [6.07, 6.45) is 0.971. The van der Waals surface area contributed by atoms with Crippen LogP contribution in [-0.4, -0.2) is 54.1 Å². The predicted molar refractivity (Wildman–Crippen MR) is 69.1 cm³/mol. The third-order valence-corrected chi connectivity index (χ3v) is 4.13. The van der Waals surface area contributed by atoms with Crippen LogP contribution in [0.1, 0.15) is 17.6 Å². The van der Waals surface area contributed by atoms with E-state index in [9.17, 15) is 0 Å². The van der Waals surface area contributed by atoms with Crippen LogP contribution in [0.5, 0.6) is 0 Å². The van der Waals surface area contributed by atoms with Gasteiger partial charge < -0.3 is 9.80 Å². The van der Waals surface area contributed by atoms with E-state index in [4.69, 9.17) is 5.26 Å². The van der Waals surface area contributed by atoms with E-state index in [1.165, 1.54) is 13.1 Å². The van der Waals surface area contributed by atoms with Gasteiger partial charge in [0.05, 0.1) is 5.01 Å². The summed E-state index contributed by atoms with van der Waals surface area (Å²) in [7, 11) is 0. The lowest BCUT2D eigenvalue weighted by molar-refractivity contribution is 0.138. The van der Waals surface area contributed by atoms with Crippen molar-refractivity contribution in [3.63, 3.8) is 0 Å². The van der Waals surface area contributed by atoms with Gasteiger partial charge in [0.25, 0.3) is 0 Å². The Morgan fingerprint density at radius 1 is 1.35 bits per heavy atom. The molecule has 0 saturated carbocycles. The molecular formula is C12H18N4S. The van der Waals surface area contributed by atoms with Crippen LogP contribution >= 0.6 is 11.3 Å². The molecule has 0 aromatic carbocycles. The number of aromatic nitrogens is 1. The van der Waals surface area contributed by atoms with Crippen molar-refractivity contribution in [3.8, 4) is 6.07 Å². The molecule has 0 amide bonds. The minimum absolute atomic E-state index is 0.556. The molecule has 92 valence electrons. The molecule has 1 aliphatic heterocycles. The van der Waals surface area contributed by atoms with Gasteiger partial charge in [0.15, 0.2) is 5.69 Å². The second-order valence-electron chi connectivity index (χ2n) is 4.26. The van der Waals surface area contributed by atoms with Gasteiger partial charge in [0, 0.05) is 44.5 Å². The number of rotatable bonds is 4. The van der Waals surface area contributed by atoms with Gasteiger partial charge in [-0.2, -0.15) is 5.26 Å². The van der Waals surface area contributed by atoms with Gasteiger partial charge in [-0.15, -0.1) is 11.3 Å². The van der Waals surface area contributed by atoms with Gasteiger partial charge in [-0.1, -0.05) is 6.92 Å². The second kappa shape index (κ2) is 6.10. The Morgan fingerprint density at radius 3 is 2.65 bits per heavy atom. The van der Waals surface area contributed by atoms with Crippen LogP contribution < -0.4 is 0 Å². The highest BCUT2D eigenvalue weighted by Crippen LogP contribution is 2.11. The highest BCUT2D eigenvalue weighted by molar-refractivity contribution is 7.09. The molecule has 5 heteroatoms. The van der Waals surface area contributed by atoms with E-state index in [0.29, 0.717) is 5.69 Å². The van der Waals surface area contributed by atoms with Gasteiger partial charge >= 0.3 is 0 Å². The molecule has 0 bridgehead atoms. The van der Waals surface area contributed by atoms with Gasteiger partial charge in [0.2, 0.25) is 0 Å². The lowest BCUT2D eigenvalue weighted by Gasteiger charge is -2.33. The Labute approximate surface area is 106 Å². The molecule has 0 N–H and O–H groups in total. The largest absolute Gasteiger partial charge is 0.301 e. The first-order chi connectivity index (χ1) is 8.31. The van der Waals surface area contributed by atoms with Gasteiger partial charge in [-0.05, 0) is 6.54 Å². The van der Waals surface area contributed by atoms with Gasteiger partial charge in [0.1, 0.15) is 6.07 Å². The van der Waals surface area contributed by atoms with E-state index in [2.05, 4.69) is 27.8 Å². The lowest BCUT2D eigenvalue weighted by atomic mass is 10.3. The maximum absolute atomic E-state index is 8.70. The second-order valence-corrected chi connectivity index (χ2v) is 5.21. The summed E-state index contributed by atoms with van der Waals surface area (Å²) in [6.45, 7) is 9.11. The van der Waals surface area contributed by atoms with Crippen molar-refractivity contribution in [2.75, 3.05) is 39.3 Å². The number of nitriles is 1. The Morgan fingerprint density at radius 2 is 2.06 bits per heavy atom. The first-order valence-corrected chi connectivity index (χ1v) is 6.99. The number of piperazine rings is 1. The third kappa shape index (κ3) is 3.50. The molecule has 0 unspecified atom stereocenters. The van der Waals surface area contributed by atoms with Crippen LogP contribution in [-0.2, 0) is 6.42 Å². The van der Waals surface area contributed by atoms with Crippen LogP contribution in [0.25, 0.3) is 0 Å². The summed E-state index contributed by atoms with van der Waals surface area (Å²) >= 11 is 1.60. The molecule has 0 spiro atoms. The molecule has 2 heterocycles. The van der Waals surface area contributed by atoms with Crippen molar-refractivity contribution in [3.05, 3.63) is 16.1 Å². The number of likely N-dealkylation sites (N-methyl/N-ethyl adjacent to an activating group) is 1. The zero-order chi connectivity index (χ0) is 12.1. The standard InChI is InChI=1S/C12H18N4S/c1-2-15-5-7-16(8-6-15)4-3-12-14-11(9-13)10-17-12/h10H,2-8H2,1H3. The number of hydrogen-bond acceptors (Lipinski definition) is 5. The minimum atomic E-state index is 0.556. The summed E-state index contributed by atoms with van der Waals surface area (Å²) in [5, 5.41) is 11.6. The molecule has 2 rings (SSSR count). The van der Waals surface area contributed by atoms with Gasteiger partial charge in [-0.3, -0.25) is 0 Å². The summed E-state index contributed by atoms with van der Waals surface area (Å²) in [5.74, 6) is 0. The first-order valence-electron chi connectivity index (χ1n) is 6.11. The van der Waals surface area contributed by atoms with Crippen molar-refractivity contribution in [1.82, 2.24) is 14.8 Å².